The van der Waals surface area contributed by atoms with Gasteiger partial charge in [-0.05, 0) is 24.3 Å². The van der Waals surface area contributed by atoms with Crippen LogP contribution in [0.3, 0.4) is 0 Å². The molecule has 18 heavy (non-hydrogen) atoms. The number of hydrogen-bond donors (Lipinski definition) is 2. The molecule has 0 unspecified atom stereocenters. The second kappa shape index (κ2) is 4.29. The maximum atomic E-state index is 11.8. The first kappa shape index (κ1) is 10.5. The lowest BCUT2D eigenvalue weighted by Crippen LogP contribution is -2.11. The highest BCUT2D eigenvalue weighted by Gasteiger charge is 2.02. The van der Waals surface area contributed by atoms with Crippen LogP contribution in [-0.4, -0.2) is 15.0 Å². The number of pyridine rings is 1. The quantitative estimate of drug-likeness (QED) is 0.717. The molecule has 2 aromatic heterocycles. The number of benzene rings is 1. The van der Waals surface area contributed by atoms with E-state index in [4.69, 9.17) is 0 Å². The normalized spacial score (nSPS) is 10.4. The molecule has 2 heterocycles. The summed E-state index contributed by atoms with van der Waals surface area (Å²) < 4.78 is 0. The van der Waals surface area contributed by atoms with Gasteiger partial charge in [-0.1, -0.05) is 12.1 Å². The minimum Gasteiger partial charge on any atom is -0.324 e. The fourth-order valence-electron chi connectivity index (χ4n) is 1.72. The van der Waals surface area contributed by atoms with Crippen molar-refractivity contribution in [3.05, 3.63) is 59.1 Å². The molecule has 1 aromatic carbocycles. The van der Waals surface area contributed by atoms with Crippen molar-refractivity contribution in [2.24, 2.45) is 0 Å². The number of anilines is 2. The first-order chi connectivity index (χ1) is 8.83. The number of nitrogens with zero attached hydrogens (tertiary/aromatic N) is 2. The molecule has 0 aliphatic heterocycles. The fourth-order valence-corrected chi connectivity index (χ4v) is 1.72. The van der Waals surface area contributed by atoms with Crippen LogP contribution in [0.15, 0.2) is 53.6 Å². The number of fused-ring (bicyclic) bond motifs is 1. The highest BCUT2D eigenvalue weighted by atomic mass is 16.1. The van der Waals surface area contributed by atoms with Crippen molar-refractivity contribution in [3.63, 3.8) is 0 Å². The third-order valence-corrected chi connectivity index (χ3v) is 2.54. The van der Waals surface area contributed by atoms with Gasteiger partial charge >= 0.3 is 0 Å². The Kier molecular flexibility index (Phi) is 2.49. The maximum Gasteiger partial charge on any atom is 0.260 e. The first-order valence-corrected chi connectivity index (χ1v) is 5.49. The second-order valence-corrected chi connectivity index (χ2v) is 3.80. The smallest absolute Gasteiger partial charge is 0.260 e. The molecule has 0 aliphatic carbocycles. The summed E-state index contributed by atoms with van der Waals surface area (Å²) in [7, 11) is 0. The lowest BCUT2D eigenvalue weighted by atomic mass is 10.2. The maximum absolute atomic E-state index is 11.8. The van der Waals surface area contributed by atoms with E-state index in [-0.39, 0.29) is 5.56 Å². The van der Waals surface area contributed by atoms with Gasteiger partial charge in [0.05, 0.1) is 22.8 Å². The van der Waals surface area contributed by atoms with Gasteiger partial charge in [0.15, 0.2) is 0 Å². The number of hydrogen-bond acceptors (Lipinski definition) is 4. The van der Waals surface area contributed by atoms with Gasteiger partial charge in [0.25, 0.3) is 5.56 Å². The van der Waals surface area contributed by atoms with Gasteiger partial charge in [0.1, 0.15) is 0 Å². The number of nitrogens with one attached hydrogen (secondary N) is 2. The van der Waals surface area contributed by atoms with Crippen molar-refractivity contribution in [1.82, 2.24) is 15.0 Å². The zero-order chi connectivity index (χ0) is 12.4. The van der Waals surface area contributed by atoms with E-state index in [2.05, 4.69) is 20.3 Å². The van der Waals surface area contributed by atoms with Crippen molar-refractivity contribution < 1.29 is 0 Å². The first-order valence-electron chi connectivity index (χ1n) is 5.49. The fraction of sp³-hybridized carbons (Fsp3) is 0. The molecule has 2 N–H and O–H groups in total. The molecular formula is C13H10N4O. The number of aromatic nitrogens is 3. The van der Waals surface area contributed by atoms with Gasteiger partial charge in [-0.25, -0.2) is 4.98 Å². The van der Waals surface area contributed by atoms with Gasteiger partial charge < -0.3 is 5.32 Å². The molecule has 0 fully saturated rings. The van der Waals surface area contributed by atoms with Crippen molar-refractivity contribution >= 4 is 22.5 Å². The summed E-state index contributed by atoms with van der Waals surface area (Å²) in [5, 5.41) is 3.59. The number of para-hydroxylation sites is 1. The molecule has 0 bridgehead atoms. The van der Waals surface area contributed by atoms with E-state index >= 15 is 0 Å². The van der Waals surface area contributed by atoms with E-state index in [0.29, 0.717) is 16.9 Å². The molecule has 0 saturated heterocycles. The third-order valence-electron chi connectivity index (χ3n) is 2.54. The van der Waals surface area contributed by atoms with Crippen molar-refractivity contribution in [2.45, 2.75) is 0 Å². The summed E-state index contributed by atoms with van der Waals surface area (Å²) in [4.78, 5) is 22.9. The zero-order valence-corrected chi connectivity index (χ0v) is 9.42. The van der Waals surface area contributed by atoms with Crippen LogP contribution in [0.2, 0.25) is 0 Å². The molecule has 3 aromatic rings. The Morgan fingerprint density at radius 1 is 1.11 bits per heavy atom. The van der Waals surface area contributed by atoms with E-state index in [9.17, 15) is 4.79 Å². The van der Waals surface area contributed by atoms with Gasteiger partial charge in [0, 0.05) is 6.20 Å². The van der Waals surface area contributed by atoms with Crippen molar-refractivity contribution in [2.75, 3.05) is 5.32 Å². The van der Waals surface area contributed by atoms with Gasteiger partial charge in [-0.2, -0.15) is 0 Å². The molecule has 5 heteroatoms. The molecule has 0 atom stereocenters. The average Bonchev–Trinajstić information content (AvgIpc) is 2.40. The minimum atomic E-state index is -0.160. The summed E-state index contributed by atoms with van der Waals surface area (Å²) in [6.45, 7) is 0. The van der Waals surface area contributed by atoms with E-state index in [1.807, 2.05) is 24.3 Å². The standard InChI is InChI=1S/C13H10N4O/c18-12-10-5-1-2-6-11(10)16-13(17-12)15-9-4-3-7-14-8-9/h1-8H,(H2,15,16,17,18). The summed E-state index contributed by atoms with van der Waals surface area (Å²) in [6, 6.07) is 10.9. The predicted molar refractivity (Wildman–Crippen MR) is 69.9 cm³/mol. The lowest BCUT2D eigenvalue weighted by molar-refractivity contribution is 1.16. The molecule has 0 saturated carbocycles. The Bertz CT molecular complexity index is 737. The van der Waals surface area contributed by atoms with Crippen molar-refractivity contribution in [3.8, 4) is 0 Å². The number of rotatable bonds is 2. The van der Waals surface area contributed by atoms with Crippen LogP contribution in [0, 0.1) is 0 Å². The molecule has 0 spiro atoms. The summed E-state index contributed by atoms with van der Waals surface area (Å²) in [5.41, 5.74) is 1.27. The molecule has 88 valence electrons. The molecule has 3 rings (SSSR count). The van der Waals surface area contributed by atoms with Crippen LogP contribution in [-0.2, 0) is 0 Å². The Morgan fingerprint density at radius 2 is 2.00 bits per heavy atom. The molecular weight excluding hydrogens is 228 g/mol. The minimum absolute atomic E-state index is 0.160. The Morgan fingerprint density at radius 3 is 2.83 bits per heavy atom. The molecule has 0 amide bonds. The van der Waals surface area contributed by atoms with Gasteiger partial charge in [-0.15, -0.1) is 0 Å². The second-order valence-electron chi connectivity index (χ2n) is 3.80. The molecule has 5 nitrogen and oxygen atoms in total. The SMILES string of the molecule is O=c1[nH]c(Nc2cccnc2)nc2ccccc12. The van der Waals surface area contributed by atoms with Crippen LogP contribution in [0.1, 0.15) is 0 Å². The van der Waals surface area contributed by atoms with Crippen LogP contribution < -0.4 is 10.9 Å². The zero-order valence-electron chi connectivity index (χ0n) is 9.42. The lowest BCUT2D eigenvalue weighted by Gasteiger charge is -2.05. The summed E-state index contributed by atoms with van der Waals surface area (Å²) >= 11 is 0. The largest absolute Gasteiger partial charge is 0.324 e. The monoisotopic (exact) mass is 238 g/mol. The highest BCUT2D eigenvalue weighted by molar-refractivity contribution is 5.78. The summed E-state index contributed by atoms with van der Waals surface area (Å²) in [6.07, 6.45) is 3.34. The third kappa shape index (κ3) is 1.93. The average molecular weight is 238 g/mol. The van der Waals surface area contributed by atoms with Crippen LogP contribution in [0.25, 0.3) is 10.9 Å². The highest BCUT2D eigenvalue weighted by Crippen LogP contribution is 2.12. The topological polar surface area (TPSA) is 70.7 Å². The van der Waals surface area contributed by atoms with Gasteiger partial charge in [-0.3, -0.25) is 14.8 Å². The Hall–Kier alpha value is -2.69. The Labute approximate surface area is 103 Å². The summed E-state index contributed by atoms with van der Waals surface area (Å²) in [5.74, 6) is 0.409. The van der Waals surface area contributed by atoms with Gasteiger partial charge in [0.2, 0.25) is 5.95 Å². The molecule has 0 aliphatic rings. The van der Waals surface area contributed by atoms with Crippen LogP contribution in [0.5, 0.6) is 0 Å². The van der Waals surface area contributed by atoms with E-state index in [1.165, 1.54) is 0 Å². The van der Waals surface area contributed by atoms with Crippen LogP contribution in [0.4, 0.5) is 11.6 Å². The van der Waals surface area contributed by atoms with E-state index in [1.54, 1.807) is 24.5 Å². The predicted octanol–water partition coefficient (Wildman–Crippen LogP) is 2.06. The Balaban J connectivity index is 2.06. The number of H-pyrrole nitrogens is 1. The molecule has 0 radical (unpaired) electrons. The van der Waals surface area contributed by atoms with Crippen molar-refractivity contribution in [1.29, 1.82) is 0 Å². The number of aromatic amines is 1. The van der Waals surface area contributed by atoms with E-state index < -0.39 is 0 Å². The van der Waals surface area contributed by atoms with E-state index in [0.717, 1.165) is 5.69 Å². The van der Waals surface area contributed by atoms with Crippen LogP contribution >= 0.6 is 0 Å².